The maximum Gasteiger partial charge on any atom is 0.119 e. The first-order valence-electron chi connectivity index (χ1n) is 6.31. The summed E-state index contributed by atoms with van der Waals surface area (Å²) in [6.45, 7) is 2.92. The van der Waals surface area contributed by atoms with Gasteiger partial charge in [0.05, 0.1) is 19.8 Å². The fraction of sp³-hybridized carbons (Fsp3) is 0.467. The number of thioether (sulfide) groups is 1. The third-order valence-corrected chi connectivity index (χ3v) is 3.46. The third-order valence-electron chi connectivity index (χ3n) is 2.34. The van der Waals surface area contributed by atoms with Crippen molar-refractivity contribution < 1.29 is 14.9 Å². The SMILES string of the molecule is CC(CO)SCCOc1ccc(C#CCCO)cc1. The number of rotatable bonds is 7. The van der Waals surface area contributed by atoms with Gasteiger partial charge in [-0.05, 0) is 24.3 Å². The van der Waals surface area contributed by atoms with Gasteiger partial charge in [-0.2, -0.15) is 11.8 Å². The molecule has 3 nitrogen and oxygen atoms in total. The molecule has 1 unspecified atom stereocenters. The predicted molar refractivity (Wildman–Crippen MR) is 79.5 cm³/mol. The van der Waals surface area contributed by atoms with Gasteiger partial charge in [0.1, 0.15) is 5.75 Å². The molecule has 1 aromatic rings. The Bertz CT molecular complexity index is 406. The van der Waals surface area contributed by atoms with E-state index in [1.54, 1.807) is 11.8 Å². The van der Waals surface area contributed by atoms with Gasteiger partial charge in [-0.15, -0.1) is 0 Å². The molecule has 0 aliphatic rings. The Hall–Kier alpha value is -1.15. The van der Waals surface area contributed by atoms with Gasteiger partial charge in [-0.25, -0.2) is 0 Å². The van der Waals surface area contributed by atoms with Crippen LogP contribution >= 0.6 is 11.8 Å². The van der Waals surface area contributed by atoms with Crippen LogP contribution in [0.1, 0.15) is 18.9 Å². The van der Waals surface area contributed by atoms with Gasteiger partial charge >= 0.3 is 0 Å². The first-order chi connectivity index (χ1) is 9.26. The Morgan fingerprint density at radius 2 is 2.00 bits per heavy atom. The first kappa shape index (κ1) is 15.9. The molecule has 0 amide bonds. The summed E-state index contributed by atoms with van der Waals surface area (Å²) in [7, 11) is 0. The van der Waals surface area contributed by atoms with E-state index in [1.807, 2.05) is 31.2 Å². The van der Waals surface area contributed by atoms with E-state index in [9.17, 15) is 0 Å². The summed E-state index contributed by atoms with van der Waals surface area (Å²) in [6, 6.07) is 7.60. The van der Waals surface area contributed by atoms with E-state index < -0.39 is 0 Å². The van der Waals surface area contributed by atoms with Crippen LogP contribution in [0.25, 0.3) is 0 Å². The maximum atomic E-state index is 8.88. The molecule has 4 heteroatoms. The van der Waals surface area contributed by atoms with Crippen LogP contribution in [-0.4, -0.2) is 41.0 Å². The number of benzene rings is 1. The molecule has 0 saturated heterocycles. The number of ether oxygens (including phenoxy) is 1. The number of aliphatic hydroxyl groups excluding tert-OH is 2. The molecule has 0 bridgehead atoms. The fourth-order valence-electron chi connectivity index (χ4n) is 1.32. The molecule has 1 atom stereocenters. The molecule has 0 radical (unpaired) electrons. The number of hydrogen-bond donors (Lipinski definition) is 2. The van der Waals surface area contributed by atoms with E-state index in [0.717, 1.165) is 17.1 Å². The monoisotopic (exact) mass is 280 g/mol. The summed E-state index contributed by atoms with van der Waals surface area (Å²) in [5, 5.41) is 17.8. The molecule has 0 aliphatic heterocycles. The fourth-order valence-corrected chi connectivity index (χ4v) is 2.00. The van der Waals surface area contributed by atoms with Crippen molar-refractivity contribution in [2.75, 3.05) is 25.6 Å². The molecule has 1 aromatic carbocycles. The minimum absolute atomic E-state index is 0.0954. The second-order valence-corrected chi connectivity index (χ2v) is 5.56. The molecule has 0 aromatic heterocycles. The Morgan fingerprint density at radius 1 is 1.26 bits per heavy atom. The van der Waals surface area contributed by atoms with Crippen LogP contribution in [-0.2, 0) is 0 Å². The molecule has 0 spiro atoms. The Labute approximate surface area is 119 Å². The van der Waals surface area contributed by atoms with Gasteiger partial charge in [0.15, 0.2) is 0 Å². The van der Waals surface area contributed by atoms with E-state index in [1.165, 1.54) is 0 Å². The average molecular weight is 280 g/mol. The van der Waals surface area contributed by atoms with E-state index >= 15 is 0 Å². The highest BCUT2D eigenvalue weighted by molar-refractivity contribution is 7.99. The van der Waals surface area contributed by atoms with Crippen LogP contribution in [0.15, 0.2) is 24.3 Å². The van der Waals surface area contributed by atoms with Crippen LogP contribution in [0.5, 0.6) is 5.75 Å². The highest BCUT2D eigenvalue weighted by Crippen LogP contribution is 2.13. The molecule has 104 valence electrons. The van der Waals surface area contributed by atoms with Crippen molar-refractivity contribution in [1.29, 1.82) is 0 Å². The highest BCUT2D eigenvalue weighted by Gasteiger charge is 2.00. The lowest BCUT2D eigenvalue weighted by Gasteiger charge is -2.09. The highest BCUT2D eigenvalue weighted by atomic mass is 32.2. The van der Waals surface area contributed by atoms with Gasteiger partial charge in [0.2, 0.25) is 0 Å². The van der Waals surface area contributed by atoms with Gasteiger partial charge in [0, 0.05) is 23.0 Å². The minimum Gasteiger partial charge on any atom is -0.493 e. The van der Waals surface area contributed by atoms with Crippen LogP contribution in [0.2, 0.25) is 0 Å². The van der Waals surface area contributed by atoms with Gasteiger partial charge in [-0.1, -0.05) is 18.8 Å². The molecule has 19 heavy (non-hydrogen) atoms. The second-order valence-electron chi connectivity index (χ2n) is 4.01. The smallest absolute Gasteiger partial charge is 0.119 e. The molecule has 0 heterocycles. The maximum absolute atomic E-state index is 8.88. The molecule has 0 fully saturated rings. The molecule has 2 N–H and O–H groups in total. The van der Waals surface area contributed by atoms with Crippen LogP contribution in [0.3, 0.4) is 0 Å². The van der Waals surface area contributed by atoms with Crippen molar-refractivity contribution >= 4 is 11.8 Å². The van der Waals surface area contributed by atoms with E-state index in [-0.39, 0.29) is 18.5 Å². The lowest BCUT2D eigenvalue weighted by Crippen LogP contribution is -2.07. The summed E-state index contributed by atoms with van der Waals surface area (Å²) < 4.78 is 5.59. The zero-order chi connectivity index (χ0) is 13.9. The van der Waals surface area contributed by atoms with Gasteiger partial charge < -0.3 is 14.9 Å². The molecule has 0 saturated carbocycles. The Kier molecular flexibility index (Phi) is 8.15. The lowest BCUT2D eigenvalue weighted by molar-refractivity contribution is 0.299. The standard InChI is InChI=1S/C15H20O3S/c1-13(12-17)19-11-10-18-15-7-5-14(6-8-15)4-2-3-9-16/h5-8,13,16-17H,3,9-12H2,1H3. The molecular formula is C15H20O3S. The largest absolute Gasteiger partial charge is 0.493 e. The van der Waals surface area contributed by atoms with Gasteiger partial charge in [0.25, 0.3) is 0 Å². The Balaban J connectivity index is 2.31. The summed E-state index contributed by atoms with van der Waals surface area (Å²) in [5.74, 6) is 7.52. The van der Waals surface area contributed by atoms with E-state index in [2.05, 4.69) is 11.8 Å². The normalized spacial score (nSPS) is 11.5. The van der Waals surface area contributed by atoms with E-state index in [0.29, 0.717) is 13.0 Å². The number of hydrogen-bond acceptors (Lipinski definition) is 4. The van der Waals surface area contributed by atoms with Crippen molar-refractivity contribution in [2.45, 2.75) is 18.6 Å². The molecule has 0 aliphatic carbocycles. The van der Waals surface area contributed by atoms with Gasteiger partial charge in [-0.3, -0.25) is 0 Å². The van der Waals surface area contributed by atoms with Crippen molar-refractivity contribution in [2.24, 2.45) is 0 Å². The van der Waals surface area contributed by atoms with Crippen molar-refractivity contribution in [3.8, 4) is 17.6 Å². The predicted octanol–water partition coefficient (Wildman–Crippen LogP) is 1.91. The van der Waals surface area contributed by atoms with Crippen LogP contribution < -0.4 is 4.74 Å². The number of aliphatic hydroxyl groups is 2. The summed E-state index contributed by atoms with van der Waals surface area (Å²) in [4.78, 5) is 0. The lowest BCUT2D eigenvalue weighted by atomic mass is 10.2. The average Bonchev–Trinajstić information content (AvgIpc) is 2.45. The van der Waals surface area contributed by atoms with Crippen molar-refractivity contribution in [1.82, 2.24) is 0 Å². The summed E-state index contributed by atoms with van der Waals surface area (Å²) in [6.07, 6.45) is 0.499. The van der Waals surface area contributed by atoms with Crippen molar-refractivity contribution in [3.63, 3.8) is 0 Å². The summed E-state index contributed by atoms with van der Waals surface area (Å²) >= 11 is 1.69. The summed E-state index contributed by atoms with van der Waals surface area (Å²) in [5.41, 5.74) is 0.920. The second kappa shape index (κ2) is 9.74. The Morgan fingerprint density at radius 3 is 2.63 bits per heavy atom. The topological polar surface area (TPSA) is 49.7 Å². The minimum atomic E-state index is 0.0954. The molecular weight excluding hydrogens is 260 g/mol. The zero-order valence-electron chi connectivity index (χ0n) is 11.1. The molecule has 1 rings (SSSR count). The van der Waals surface area contributed by atoms with Crippen LogP contribution in [0.4, 0.5) is 0 Å². The zero-order valence-corrected chi connectivity index (χ0v) is 11.9. The third kappa shape index (κ3) is 7.12. The first-order valence-corrected chi connectivity index (χ1v) is 7.36. The van der Waals surface area contributed by atoms with Crippen LogP contribution in [0, 0.1) is 11.8 Å². The van der Waals surface area contributed by atoms with Crippen molar-refractivity contribution in [3.05, 3.63) is 29.8 Å². The van der Waals surface area contributed by atoms with E-state index in [4.69, 9.17) is 14.9 Å². The quantitative estimate of drug-likeness (QED) is 0.592.